The van der Waals surface area contributed by atoms with Gasteiger partial charge >= 0.3 is 0 Å². The number of aryl methyl sites for hydroxylation is 1. The second-order valence-corrected chi connectivity index (χ2v) is 12.2. The van der Waals surface area contributed by atoms with E-state index in [4.69, 9.17) is 9.72 Å². The van der Waals surface area contributed by atoms with Crippen molar-refractivity contribution in [3.8, 4) is 10.6 Å². The van der Waals surface area contributed by atoms with Gasteiger partial charge in [0.15, 0.2) is 0 Å². The van der Waals surface area contributed by atoms with Crippen LogP contribution in [0.25, 0.3) is 21.6 Å². The van der Waals surface area contributed by atoms with Crippen LogP contribution in [-0.4, -0.2) is 74.4 Å². The molecule has 1 amide bonds. The number of rotatable bonds is 6. The molecule has 1 saturated carbocycles. The van der Waals surface area contributed by atoms with Crippen LogP contribution in [0, 0.1) is 24.7 Å². The Morgan fingerprint density at radius 2 is 2.11 bits per heavy atom. The molecule has 0 aromatic carbocycles. The van der Waals surface area contributed by atoms with E-state index in [0.29, 0.717) is 38.1 Å². The molecule has 3 aromatic heterocycles. The van der Waals surface area contributed by atoms with Gasteiger partial charge in [-0.05, 0) is 57.9 Å². The molecule has 3 fully saturated rings. The first-order valence-corrected chi connectivity index (χ1v) is 14.0. The third kappa shape index (κ3) is 4.33. The van der Waals surface area contributed by atoms with Crippen molar-refractivity contribution >= 4 is 34.0 Å². The standard InChI is InChI=1S/C27H35N5O4S/c1-14-23(27(3,35)18-5-7-36-13-18)37-25(30-14)21-10-29-24-20(4-6-28-24)22(21)31-19-8-16-11-32(12-17(16)9-19)26(34)15(2)33/h4,6,10,15-19,33,35H,5,7-9,11-13H2,1-3H3,(H2,28,29,31)/t15-,16-,17+,18?,19?,27?/m0/s1. The molecule has 3 aromatic rings. The van der Waals surface area contributed by atoms with Crippen molar-refractivity contribution in [2.75, 3.05) is 31.6 Å². The minimum absolute atomic E-state index is 0.0561. The van der Waals surface area contributed by atoms with Crippen LogP contribution in [0.5, 0.6) is 0 Å². The van der Waals surface area contributed by atoms with Crippen molar-refractivity contribution in [2.24, 2.45) is 17.8 Å². The fourth-order valence-electron chi connectivity index (χ4n) is 6.54. The van der Waals surface area contributed by atoms with E-state index >= 15 is 0 Å². The number of thiazole rings is 1. The quantitative estimate of drug-likeness (QED) is 0.389. The number of pyridine rings is 1. The average molecular weight is 526 g/mol. The van der Waals surface area contributed by atoms with Gasteiger partial charge in [-0.25, -0.2) is 9.97 Å². The Hall–Kier alpha value is -2.53. The number of nitrogens with one attached hydrogen (secondary N) is 2. The number of carbonyl (C=O) groups excluding carboxylic acids is 1. The maximum absolute atomic E-state index is 12.3. The fraction of sp³-hybridized carbons (Fsp3) is 0.593. The van der Waals surface area contributed by atoms with E-state index in [1.165, 1.54) is 11.3 Å². The minimum atomic E-state index is -0.992. The summed E-state index contributed by atoms with van der Waals surface area (Å²) in [6.45, 7) is 8.06. The molecule has 2 aliphatic heterocycles. The molecule has 37 heavy (non-hydrogen) atoms. The highest BCUT2D eigenvalue weighted by molar-refractivity contribution is 7.15. The number of H-pyrrole nitrogens is 1. The molecule has 2 saturated heterocycles. The highest BCUT2D eigenvalue weighted by atomic mass is 32.1. The highest BCUT2D eigenvalue weighted by Gasteiger charge is 2.43. The van der Waals surface area contributed by atoms with Gasteiger partial charge in [0.1, 0.15) is 22.4 Å². The number of nitrogens with zero attached hydrogens (tertiary/aromatic N) is 3. The summed E-state index contributed by atoms with van der Waals surface area (Å²) in [6, 6.07) is 2.32. The highest BCUT2D eigenvalue weighted by Crippen LogP contribution is 2.45. The monoisotopic (exact) mass is 525 g/mol. The Morgan fingerprint density at radius 1 is 1.35 bits per heavy atom. The molecule has 3 aliphatic rings. The first-order chi connectivity index (χ1) is 17.7. The lowest BCUT2D eigenvalue weighted by Crippen LogP contribution is -2.37. The summed E-state index contributed by atoms with van der Waals surface area (Å²) in [4.78, 5) is 27.8. The predicted octanol–water partition coefficient (Wildman–Crippen LogP) is 3.27. The number of hydrogen-bond donors (Lipinski definition) is 4. The summed E-state index contributed by atoms with van der Waals surface area (Å²) in [5, 5.41) is 26.9. The normalized spacial score (nSPS) is 28.0. The number of aliphatic hydroxyl groups excluding tert-OH is 1. The van der Waals surface area contributed by atoms with E-state index in [1.807, 2.05) is 37.2 Å². The molecule has 1 aliphatic carbocycles. The summed E-state index contributed by atoms with van der Waals surface area (Å²) < 4.78 is 5.56. The minimum Gasteiger partial charge on any atom is -0.384 e. The predicted molar refractivity (Wildman–Crippen MR) is 142 cm³/mol. The summed E-state index contributed by atoms with van der Waals surface area (Å²) in [5.41, 5.74) is 2.62. The number of aromatic nitrogens is 3. The molecule has 0 radical (unpaired) electrons. The number of hydrogen-bond acceptors (Lipinski definition) is 8. The summed E-state index contributed by atoms with van der Waals surface area (Å²) in [5.74, 6) is 0.758. The topological polar surface area (TPSA) is 124 Å². The zero-order valence-electron chi connectivity index (χ0n) is 21.5. The smallest absolute Gasteiger partial charge is 0.251 e. The van der Waals surface area contributed by atoms with Crippen LogP contribution in [0.4, 0.5) is 5.69 Å². The zero-order chi connectivity index (χ0) is 25.9. The van der Waals surface area contributed by atoms with Crippen LogP contribution in [-0.2, 0) is 15.1 Å². The molecule has 10 heteroatoms. The van der Waals surface area contributed by atoms with Crippen LogP contribution >= 0.6 is 11.3 Å². The van der Waals surface area contributed by atoms with Gasteiger partial charge in [0.05, 0.1) is 28.4 Å². The lowest BCUT2D eigenvalue weighted by molar-refractivity contribution is -0.138. The van der Waals surface area contributed by atoms with Gasteiger partial charge in [0.2, 0.25) is 0 Å². The van der Waals surface area contributed by atoms with E-state index < -0.39 is 11.7 Å². The second kappa shape index (κ2) is 9.34. The number of ether oxygens (including phenoxy) is 1. The molecule has 198 valence electrons. The first-order valence-electron chi connectivity index (χ1n) is 13.2. The summed E-state index contributed by atoms with van der Waals surface area (Å²) >= 11 is 1.54. The molecular formula is C27H35N5O4S. The number of likely N-dealkylation sites (tertiary alicyclic amines) is 1. The number of amides is 1. The molecular weight excluding hydrogens is 490 g/mol. The van der Waals surface area contributed by atoms with Gasteiger partial charge in [-0.3, -0.25) is 4.79 Å². The van der Waals surface area contributed by atoms with Crippen LogP contribution in [0.3, 0.4) is 0 Å². The van der Waals surface area contributed by atoms with E-state index in [-0.39, 0.29) is 17.9 Å². The van der Waals surface area contributed by atoms with Gasteiger partial charge in [-0.15, -0.1) is 11.3 Å². The molecule has 6 atom stereocenters. The van der Waals surface area contributed by atoms with Gasteiger partial charge in [-0.1, -0.05) is 0 Å². The average Bonchev–Trinajstić information content (AvgIpc) is 3.66. The first kappa shape index (κ1) is 24.8. The number of aliphatic hydroxyl groups is 2. The maximum atomic E-state index is 12.3. The molecule has 4 N–H and O–H groups in total. The van der Waals surface area contributed by atoms with Gasteiger partial charge in [0.25, 0.3) is 5.91 Å². The Morgan fingerprint density at radius 3 is 2.78 bits per heavy atom. The zero-order valence-corrected chi connectivity index (χ0v) is 22.3. The number of aromatic amines is 1. The Balaban J connectivity index is 1.28. The molecule has 6 rings (SSSR count). The van der Waals surface area contributed by atoms with Crippen molar-refractivity contribution in [2.45, 2.75) is 57.8 Å². The second-order valence-electron chi connectivity index (χ2n) is 11.2. The van der Waals surface area contributed by atoms with Gasteiger partial charge in [0, 0.05) is 49.4 Å². The van der Waals surface area contributed by atoms with Crippen molar-refractivity contribution in [3.63, 3.8) is 0 Å². The molecule has 3 unspecified atom stereocenters. The Labute approximate surface area is 220 Å². The van der Waals surface area contributed by atoms with Crippen molar-refractivity contribution in [3.05, 3.63) is 29.0 Å². The van der Waals surface area contributed by atoms with Gasteiger partial charge in [-0.2, -0.15) is 0 Å². The van der Waals surface area contributed by atoms with Crippen LogP contribution in [0.1, 0.15) is 43.7 Å². The summed E-state index contributed by atoms with van der Waals surface area (Å²) in [7, 11) is 0. The molecule has 0 spiro atoms. The van der Waals surface area contributed by atoms with E-state index in [9.17, 15) is 15.0 Å². The van der Waals surface area contributed by atoms with E-state index in [2.05, 4.69) is 15.3 Å². The lowest BCUT2D eigenvalue weighted by Gasteiger charge is -2.28. The van der Waals surface area contributed by atoms with Crippen molar-refractivity contribution < 1.29 is 19.7 Å². The Kier molecular flexibility index (Phi) is 6.26. The molecule has 5 heterocycles. The number of anilines is 1. The third-order valence-electron chi connectivity index (χ3n) is 8.57. The lowest BCUT2D eigenvalue weighted by atomic mass is 9.86. The number of carbonyl (C=O) groups is 1. The van der Waals surface area contributed by atoms with Gasteiger partial charge < -0.3 is 30.2 Å². The fourth-order valence-corrected chi connectivity index (χ4v) is 7.74. The maximum Gasteiger partial charge on any atom is 0.251 e. The number of fused-ring (bicyclic) bond motifs is 2. The third-order valence-corrected chi connectivity index (χ3v) is 9.98. The SMILES string of the molecule is Cc1nc(-c2cnc3[nH]ccc3c2NC2C[C@@H]3CN(C(=O)[C@H](C)O)C[C@@H]3C2)sc1C(C)(O)C1CCOC1. The summed E-state index contributed by atoms with van der Waals surface area (Å²) in [6.07, 6.45) is 5.62. The van der Waals surface area contributed by atoms with E-state index in [1.54, 1.807) is 6.92 Å². The molecule has 0 bridgehead atoms. The van der Waals surface area contributed by atoms with Crippen LogP contribution in [0.2, 0.25) is 0 Å². The van der Waals surface area contributed by atoms with Crippen LogP contribution in [0.15, 0.2) is 18.5 Å². The van der Waals surface area contributed by atoms with Crippen LogP contribution < -0.4 is 5.32 Å². The van der Waals surface area contributed by atoms with Crippen molar-refractivity contribution in [1.82, 2.24) is 19.9 Å². The molecule has 9 nitrogen and oxygen atoms in total. The Bertz CT molecular complexity index is 1300. The van der Waals surface area contributed by atoms with Crippen molar-refractivity contribution in [1.29, 1.82) is 0 Å². The largest absolute Gasteiger partial charge is 0.384 e. The van der Waals surface area contributed by atoms with E-state index in [0.717, 1.165) is 57.1 Å².